The number of benzene rings is 2. The van der Waals surface area contributed by atoms with E-state index in [0.29, 0.717) is 13.0 Å². The third-order valence-electron chi connectivity index (χ3n) is 4.46. The van der Waals surface area contributed by atoms with Crippen molar-refractivity contribution in [3.05, 3.63) is 65.7 Å². The largest absolute Gasteiger partial charge is 0.497 e. The van der Waals surface area contributed by atoms with Crippen molar-refractivity contribution >= 4 is 5.91 Å². The van der Waals surface area contributed by atoms with Gasteiger partial charge in [-0.05, 0) is 29.7 Å². The Kier molecular flexibility index (Phi) is 5.49. The van der Waals surface area contributed by atoms with E-state index < -0.39 is 0 Å². The molecule has 1 aliphatic heterocycles. The molecule has 0 aliphatic carbocycles. The van der Waals surface area contributed by atoms with Gasteiger partial charge in [0.2, 0.25) is 5.91 Å². The molecule has 4 heteroatoms. The van der Waals surface area contributed by atoms with Gasteiger partial charge in [0, 0.05) is 26.1 Å². The van der Waals surface area contributed by atoms with Crippen LogP contribution in [0.4, 0.5) is 0 Å². The average Bonchev–Trinajstić information content (AvgIpc) is 3.04. The first-order valence-corrected chi connectivity index (χ1v) is 8.45. The molecule has 1 N–H and O–H groups in total. The van der Waals surface area contributed by atoms with Crippen LogP contribution in [0.5, 0.6) is 5.75 Å². The summed E-state index contributed by atoms with van der Waals surface area (Å²) in [5, 5.41) is 3.60. The number of amides is 1. The first-order chi connectivity index (χ1) is 11.8. The molecule has 126 valence electrons. The fourth-order valence-corrected chi connectivity index (χ4v) is 3.11. The van der Waals surface area contributed by atoms with E-state index >= 15 is 0 Å². The Morgan fingerprint density at radius 2 is 2.00 bits per heavy atom. The second-order valence-corrected chi connectivity index (χ2v) is 6.14. The molecule has 0 saturated carbocycles. The minimum absolute atomic E-state index is 0.124. The van der Waals surface area contributed by atoms with Gasteiger partial charge in [0.05, 0.1) is 13.2 Å². The molecule has 0 spiro atoms. The fourth-order valence-electron chi connectivity index (χ4n) is 3.11. The molecule has 0 bridgehead atoms. The van der Waals surface area contributed by atoms with Crippen LogP contribution in [-0.4, -0.2) is 31.0 Å². The molecule has 2 aromatic carbocycles. The first-order valence-electron chi connectivity index (χ1n) is 8.45. The molecule has 1 saturated heterocycles. The van der Waals surface area contributed by atoms with E-state index in [1.165, 1.54) is 11.1 Å². The van der Waals surface area contributed by atoms with Crippen LogP contribution in [0.3, 0.4) is 0 Å². The zero-order valence-electron chi connectivity index (χ0n) is 14.1. The molecule has 2 aromatic rings. The summed E-state index contributed by atoms with van der Waals surface area (Å²) in [6, 6.07) is 18.5. The number of ether oxygens (including phenoxy) is 1. The Balaban J connectivity index is 1.70. The van der Waals surface area contributed by atoms with Crippen LogP contribution >= 0.6 is 0 Å². The molecule has 4 nitrogen and oxygen atoms in total. The number of nitrogens with zero attached hydrogens (tertiary/aromatic N) is 1. The lowest BCUT2D eigenvalue weighted by molar-refractivity contribution is -0.128. The zero-order chi connectivity index (χ0) is 16.8. The molecule has 0 aromatic heterocycles. The van der Waals surface area contributed by atoms with Crippen LogP contribution in [0.15, 0.2) is 54.6 Å². The number of carbonyl (C=O) groups is 1. The number of likely N-dealkylation sites (tertiary alicyclic amines) is 1. The number of nitrogens with one attached hydrogen (secondary N) is 1. The maximum Gasteiger partial charge on any atom is 0.222 e. The third kappa shape index (κ3) is 4.15. The summed E-state index contributed by atoms with van der Waals surface area (Å²) >= 11 is 0. The quantitative estimate of drug-likeness (QED) is 0.851. The monoisotopic (exact) mass is 324 g/mol. The number of methoxy groups -OCH3 is 1. The summed E-state index contributed by atoms with van der Waals surface area (Å²) in [6.07, 6.45) is 1.65. The van der Waals surface area contributed by atoms with Crippen LogP contribution in [0.2, 0.25) is 0 Å². The van der Waals surface area contributed by atoms with Gasteiger partial charge < -0.3 is 15.0 Å². The highest BCUT2D eigenvalue weighted by atomic mass is 16.5. The van der Waals surface area contributed by atoms with Crippen molar-refractivity contribution in [2.24, 2.45) is 0 Å². The summed E-state index contributed by atoms with van der Waals surface area (Å²) in [5.41, 5.74) is 2.38. The summed E-state index contributed by atoms with van der Waals surface area (Å²) < 4.78 is 5.29. The van der Waals surface area contributed by atoms with Gasteiger partial charge in [-0.2, -0.15) is 0 Å². The van der Waals surface area contributed by atoms with E-state index in [4.69, 9.17) is 4.74 Å². The first kappa shape index (κ1) is 16.5. The Morgan fingerprint density at radius 3 is 2.71 bits per heavy atom. The normalized spacial score (nSPS) is 15.5. The molecule has 1 atom stereocenters. The molecule has 0 radical (unpaired) electrons. The van der Waals surface area contributed by atoms with Crippen LogP contribution in [0.1, 0.15) is 30.0 Å². The fraction of sp³-hybridized carbons (Fsp3) is 0.350. The highest BCUT2D eigenvalue weighted by Gasteiger charge is 2.24. The molecule has 1 aliphatic rings. The van der Waals surface area contributed by atoms with Gasteiger partial charge in [0.15, 0.2) is 0 Å². The highest BCUT2D eigenvalue weighted by molar-refractivity contribution is 5.78. The summed E-state index contributed by atoms with van der Waals surface area (Å²) in [6.45, 7) is 2.31. The molecule has 1 amide bonds. The number of hydrogen-bond donors (Lipinski definition) is 1. The minimum atomic E-state index is 0.124. The topological polar surface area (TPSA) is 41.6 Å². The van der Waals surface area contributed by atoms with Crippen molar-refractivity contribution in [2.75, 3.05) is 20.2 Å². The van der Waals surface area contributed by atoms with Gasteiger partial charge in [-0.3, -0.25) is 4.79 Å². The van der Waals surface area contributed by atoms with E-state index in [2.05, 4.69) is 23.5 Å². The molecule has 1 heterocycles. The predicted octanol–water partition coefficient (Wildman–Crippen LogP) is 3.15. The number of hydrogen-bond acceptors (Lipinski definition) is 3. The van der Waals surface area contributed by atoms with E-state index in [1.54, 1.807) is 7.11 Å². The van der Waals surface area contributed by atoms with Crippen molar-refractivity contribution in [1.29, 1.82) is 0 Å². The van der Waals surface area contributed by atoms with Crippen molar-refractivity contribution in [1.82, 2.24) is 10.2 Å². The zero-order valence-corrected chi connectivity index (χ0v) is 14.1. The van der Waals surface area contributed by atoms with Gasteiger partial charge in [-0.25, -0.2) is 0 Å². The second kappa shape index (κ2) is 7.97. The second-order valence-electron chi connectivity index (χ2n) is 6.14. The predicted molar refractivity (Wildman–Crippen MR) is 94.8 cm³/mol. The van der Waals surface area contributed by atoms with E-state index in [1.807, 2.05) is 41.3 Å². The smallest absolute Gasteiger partial charge is 0.222 e. The average molecular weight is 324 g/mol. The van der Waals surface area contributed by atoms with E-state index in [0.717, 1.165) is 25.3 Å². The minimum Gasteiger partial charge on any atom is -0.497 e. The Bertz CT molecular complexity index is 672. The summed E-state index contributed by atoms with van der Waals surface area (Å²) in [5.74, 6) is 1.12. The van der Waals surface area contributed by atoms with Crippen molar-refractivity contribution in [2.45, 2.75) is 25.4 Å². The highest BCUT2D eigenvalue weighted by Crippen LogP contribution is 2.20. The summed E-state index contributed by atoms with van der Waals surface area (Å²) in [4.78, 5) is 13.9. The van der Waals surface area contributed by atoms with Crippen LogP contribution in [-0.2, 0) is 11.3 Å². The Labute approximate surface area is 143 Å². The molecule has 0 unspecified atom stereocenters. The molecule has 1 fully saturated rings. The van der Waals surface area contributed by atoms with Gasteiger partial charge in [-0.1, -0.05) is 42.5 Å². The SMILES string of the molecule is COc1cccc(CN[C@@H](CN2CCCC2=O)c2ccccc2)c1. The van der Waals surface area contributed by atoms with Crippen molar-refractivity contribution in [3.8, 4) is 5.75 Å². The molecule has 3 rings (SSSR count). The summed E-state index contributed by atoms with van der Waals surface area (Å²) in [7, 11) is 1.68. The lowest BCUT2D eigenvalue weighted by Gasteiger charge is -2.25. The lowest BCUT2D eigenvalue weighted by Crippen LogP contribution is -2.35. The Morgan fingerprint density at radius 1 is 1.17 bits per heavy atom. The van der Waals surface area contributed by atoms with Gasteiger partial charge in [0.1, 0.15) is 5.75 Å². The van der Waals surface area contributed by atoms with E-state index in [-0.39, 0.29) is 11.9 Å². The van der Waals surface area contributed by atoms with Crippen LogP contribution in [0, 0.1) is 0 Å². The van der Waals surface area contributed by atoms with Crippen LogP contribution in [0.25, 0.3) is 0 Å². The molecule has 24 heavy (non-hydrogen) atoms. The molecular formula is C20H24N2O2. The van der Waals surface area contributed by atoms with Gasteiger partial charge in [0.25, 0.3) is 0 Å². The number of carbonyl (C=O) groups excluding carboxylic acids is 1. The van der Waals surface area contributed by atoms with Crippen molar-refractivity contribution in [3.63, 3.8) is 0 Å². The number of rotatable bonds is 7. The maximum absolute atomic E-state index is 12.0. The Hall–Kier alpha value is -2.33. The molecular weight excluding hydrogens is 300 g/mol. The third-order valence-corrected chi connectivity index (χ3v) is 4.46. The van der Waals surface area contributed by atoms with Crippen molar-refractivity contribution < 1.29 is 9.53 Å². The van der Waals surface area contributed by atoms with Gasteiger partial charge in [-0.15, -0.1) is 0 Å². The van der Waals surface area contributed by atoms with Crippen LogP contribution < -0.4 is 10.1 Å². The lowest BCUT2D eigenvalue weighted by atomic mass is 10.1. The van der Waals surface area contributed by atoms with Gasteiger partial charge >= 0.3 is 0 Å². The van der Waals surface area contributed by atoms with E-state index in [9.17, 15) is 4.79 Å². The standard InChI is InChI=1S/C20H24N2O2/c1-24-18-10-5-7-16(13-18)14-21-19(17-8-3-2-4-9-17)15-22-12-6-11-20(22)23/h2-5,7-10,13,19,21H,6,11-12,14-15H2,1H3/t19-/m0/s1. The maximum atomic E-state index is 12.0.